The van der Waals surface area contributed by atoms with Gasteiger partial charge in [-0.2, -0.15) is 5.10 Å². The van der Waals surface area contributed by atoms with Crippen molar-refractivity contribution in [1.29, 1.82) is 0 Å². The number of aromatic nitrogens is 2. The van der Waals surface area contributed by atoms with E-state index < -0.39 is 0 Å². The first-order valence-corrected chi connectivity index (χ1v) is 11.4. The fraction of sp³-hybridized carbons (Fsp3) is 0.0385. The molecule has 4 nitrogen and oxygen atoms in total. The van der Waals surface area contributed by atoms with Crippen LogP contribution < -0.4 is 0 Å². The number of hydrogen-bond acceptors (Lipinski definition) is 4. The minimum atomic E-state index is -0.0738. The van der Waals surface area contributed by atoms with E-state index in [1.165, 1.54) is 11.8 Å². The van der Waals surface area contributed by atoms with Gasteiger partial charge < -0.3 is 0 Å². The first-order valence-electron chi connectivity index (χ1n) is 10.2. The average Bonchev–Trinajstić information content (AvgIpc) is 3.38. The smallest absolute Gasteiger partial charge is 0.266 e. The summed E-state index contributed by atoms with van der Waals surface area (Å²) >= 11 is 6.86. The van der Waals surface area contributed by atoms with E-state index in [2.05, 4.69) is 0 Å². The molecular formula is C26H19N3OS2. The number of nitrogens with zero attached hydrogens (tertiary/aromatic N) is 3. The Morgan fingerprint density at radius 2 is 1.50 bits per heavy atom. The fourth-order valence-electron chi connectivity index (χ4n) is 3.57. The summed E-state index contributed by atoms with van der Waals surface area (Å²) in [5, 5.41) is 4.83. The summed E-state index contributed by atoms with van der Waals surface area (Å²) in [6.45, 7) is 0.470. The van der Waals surface area contributed by atoms with Crippen molar-refractivity contribution in [2.75, 3.05) is 0 Å². The van der Waals surface area contributed by atoms with E-state index in [1.54, 1.807) is 4.90 Å². The summed E-state index contributed by atoms with van der Waals surface area (Å²) in [5.74, 6) is -0.0738. The zero-order chi connectivity index (χ0) is 21.9. The third-order valence-corrected chi connectivity index (χ3v) is 6.53. The molecule has 6 heteroatoms. The summed E-state index contributed by atoms with van der Waals surface area (Å²) in [6.07, 6.45) is 3.86. The molecule has 3 aromatic carbocycles. The molecule has 0 bridgehead atoms. The molecule has 0 N–H and O–H groups in total. The van der Waals surface area contributed by atoms with Crippen LogP contribution in [0.3, 0.4) is 0 Å². The van der Waals surface area contributed by atoms with Crippen LogP contribution in [-0.2, 0) is 11.3 Å². The number of thiocarbonyl (C=S) groups is 1. The SMILES string of the molecule is O=C1C(=Cc2cn(-c3ccccc3)nc2-c2ccccc2)SC(=S)N1Cc1ccccc1. The minimum Gasteiger partial charge on any atom is -0.288 e. The van der Waals surface area contributed by atoms with Crippen molar-refractivity contribution in [2.45, 2.75) is 6.54 Å². The Morgan fingerprint density at radius 3 is 2.19 bits per heavy atom. The summed E-state index contributed by atoms with van der Waals surface area (Å²) < 4.78 is 2.42. The number of hydrogen-bond donors (Lipinski definition) is 0. The van der Waals surface area contributed by atoms with Crippen LogP contribution in [0.5, 0.6) is 0 Å². The van der Waals surface area contributed by atoms with Crippen LogP contribution in [0.1, 0.15) is 11.1 Å². The number of para-hydroxylation sites is 1. The Bertz CT molecular complexity index is 1300. The highest BCUT2D eigenvalue weighted by molar-refractivity contribution is 8.26. The number of benzene rings is 3. The van der Waals surface area contributed by atoms with Crippen LogP contribution in [-0.4, -0.2) is 24.9 Å². The van der Waals surface area contributed by atoms with Crippen molar-refractivity contribution in [3.63, 3.8) is 0 Å². The van der Waals surface area contributed by atoms with Crippen LogP contribution in [0, 0.1) is 0 Å². The molecule has 1 aromatic heterocycles. The van der Waals surface area contributed by atoms with Crippen molar-refractivity contribution in [2.24, 2.45) is 0 Å². The normalized spacial score (nSPS) is 15.0. The summed E-state index contributed by atoms with van der Waals surface area (Å²) in [4.78, 5) is 15.4. The van der Waals surface area contributed by atoms with Crippen LogP contribution in [0.25, 0.3) is 23.0 Å². The molecule has 2 heterocycles. The third kappa shape index (κ3) is 4.15. The van der Waals surface area contributed by atoms with Crippen LogP contribution >= 0.6 is 24.0 Å². The highest BCUT2D eigenvalue weighted by Gasteiger charge is 2.32. The molecule has 5 rings (SSSR count). The lowest BCUT2D eigenvalue weighted by Gasteiger charge is -2.14. The van der Waals surface area contributed by atoms with Gasteiger partial charge in [0.05, 0.1) is 22.8 Å². The number of amides is 1. The van der Waals surface area contributed by atoms with Crippen molar-refractivity contribution < 1.29 is 4.79 Å². The Kier molecular flexibility index (Phi) is 5.71. The largest absolute Gasteiger partial charge is 0.288 e. The molecule has 4 aromatic rings. The van der Waals surface area contributed by atoms with Crippen LogP contribution in [0.2, 0.25) is 0 Å². The second-order valence-corrected chi connectivity index (χ2v) is 9.01. The summed E-state index contributed by atoms with van der Waals surface area (Å²) in [5.41, 5.74) is 4.70. The predicted molar refractivity (Wildman–Crippen MR) is 134 cm³/mol. The molecule has 0 aliphatic carbocycles. The molecule has 0 saturated carbocycles. The standard InChI is InChI=1S/C26H19N3OS2/c30-25-23(32-26(31)28(25)17-19-10-4-1-5-11-19)16-21-18-29(22-14-8-3-9-15-22)27-24(21)20-12-6-2-7-13-20/h1-16,18H,17H2. The van der Waals surface area contributed by atoms with Gasteiger partial charge in [0.15, 0.2) is 0 Å². The molecular weight excluding hydrogens is 434 g/mol. The van der Waals surface area contributed by atoms with Gasteiger partial charge in [-0.15, -0.1) is 0 Å². The zero-order valence-electron chi connectivity index (χ0n) is 17.1. The predicted octanol–water partition coefficient (Wildman–Crippen LogP) is 5.94. The Labute approximate surface area is 196 Å². The van der Waals surface area contributed by atoms with Gasteiger partial charge in [0.1, 0.15) is 4.32 Å². The first-order chi connectivity index (χ1) is 15.7. The number of rotatable bonds is 5. The van der Waals surface area contributed by atoms with Crippen molar-refractivity contribution in [3.8, 4) is 16.9 Å². The Hall–Kier alpha value is -3.48. The van der Waals surface area contributed by atoms with E-state index in [0.717, 1.165) is 28.1 Å². The van der Waals surface area contributed by atoms with Gasteiger partial charge in [0, 0.05) is 17.3 Å². The quantitative estimate of drug-likeness (QED) is 0.277. The second kappa shape index (κ2) is 8.94. The first kappa shape index (κ1) is 20.4. The average molecular weight is 454 g/mol. The van der Waals surface area contributed by atoms with E-state index in [1.807, 2.05) is 108 Å². The van der Waals surface area contributed by atoms with E-state index in [-0.39, 0.29) is 5.91 Å². The maximum absolute atomic E-state index is 13.2. The van der Waals surface area contributed by atoms with Crippen LogP contribution in [0.15, 0.2) is 102 Å². The molecule has 0 spiro atoms. The molecule has 1 aliphatic rings. The molecule has 1 saturated heterocycles. The van der Waals surface area contributed by atoms with E-state index >= 15 is 0 Å². The Balaban J connectivity index is 1.52. The monoisotopic (exact) mass is 453 g/mol. The summed E-state index contributed by atoms with van der Waals surface area (Å²) in [6, 6.07) is 29.8. The van der Waals surface area contributed by atoms with Crippen molar-refractivity contribution >= 4 is 40.3 Å². The maximum atomic E-state index is 13.2. The topological polar surface area (TPSA) is 38.1 Å². The van der Waals surface area contributed by atoms with E-state index in [0.29, 0.717) is 15.8 Å². The summed E-state index contributed by atoms with van der Waals surface area (Å²) in [7, 11) is 0. The van der Waals surface area contributed by atoms with Crippen LogP contribution in [0.4, 0.5) is 0 Å². The molecule has 1 amide bonds. The number of thioether (sulfide) groups is 1. The van der Waals surface area contributed by atoms with Gasteiger partial charge >= 0.3 is 0 Å². The molecule has 0 unspecified atom stereocenters. The molecule has 32 heavy (non-hydrogen) atoms. The molecule has 0 radical (unpaired) electrons. The molecule has 156 valence electrons. The lowest BCUT2D eigenvalue weighted by atomic mass is 10.1. The van der Waals surface area contributed by atoms with Gasteiger partial charge in [-0.25, -0.2) is 4.68 Å². The Morgan fingerprint density at radius 1 is 0.875 bits per heavy atom. The minimum absolute atomic E-state index is 0.0738. The maximum Gasteiger partial charge on any atom is 0.266 e. The highest BCUT2D eigenvalue weighted by atomic mass is 32.2. The molecule has 1 aliphatic heterocycles. The fourth-order valence-corrected chi connectivity index (χ4v) is 4.82. The number of carbonyl (C=O) groups is 1. The van der Waals surface area contributed by atoms with Crippen molar-refractivity contribution in [1.82, 2.24) is 14.7 Å². The van der Waals surface area contributed by atoms with E-state index in [9.17, 15) is 4.79 Å². The lowest BCUT2D eigenvalue weighted by molar-refractivity contribution is -0.122. The van der Waals surface area contributed by atoms with Gasteiger partial charge in [0.2, 0.25) is 0 Å². The van der Waals surface area contributed by atoms with Gasteiger partial charge in [-0.05, 0) is 23.8 Å². The zero-order valence-corrected chi connectivity index (χ0v) is 18.7. The third-order valence-electron chi connectivity index (χ3n) is 5.15. The van der Waals surface area contributed by atoms with E-state index in [4.69, 9.17) is 17.3 Å². The molecule has 0 atom stereocenters. The lowest BCUT2D eigenvalue weighted by Crippen LogP contribution is -2.27. The van der Waals surface area contributed by atoms with Gasteiger partial charge in [-0.3, -0.25) is 9.69 Å². The highest BCUT2D eigenvalue weighted by Crippen LogP contribution is 2.35. The second-order valence-electron chi connectivity index (χ2n) is 7.33. The molecule has 1 fully saturated rings. The van der Waals surface area contributed by atoms with Crippen molar-refractivity contribution in [3.05, 3.63) is 113 Å². The van der Waals surface area contributed by atoms with Gasteiger partial charge in [-0.1, -0.05) is 103 Å². The number of carbonyl (C=O) groups excluding carboxylic acids is 1. The van der Waals surface area contributed by atoms with Gasteiger partial charge in [0.25, 0.3) is 5.91 Å².